The molecule has 0 aliphatic rings. The fourth-order valence-electron chi connectivity index (χ4n) is 3.07. The standard InChI is InChI=1S/C22H20N4O3S/c1-13-7-9-19(29-13)15-5-3-4-6-17(15)24-21(27)12-26-22(28)16(23)11-18(25-26)20-10-8-14(2)30-20/h3-11H,12,23H2,1-2H3,(H,24,27). The summed E-state index contributed by atoms with van der Waals surface area (Å²) in [5.74, 6) is 1.04. The van der Waals surface area contributed by atoms with Gasteiger partial charge < -0.3 is 15.5 Å². The Balaban J connectivity index is 1.60. The van der Waals surface area contributed by atoms with Crippen LogP contribution in [0.1, 0.15) is 10.6 Å². The van der Waals surface area contributed by atoms with Gasteiger partial charge in [0.15, 0.2) is 0 Å². The number of aromatic nitrogens is 2. The summed E-state index contributed by atoms with van der Waals surface area (Å²) >= 11 is 1.54. The van der Waals surface area contributed by atoms with Crippen LogP contribution >= 0.6 is 11.3 Å². The average Bonchev–Trinajstić information content (AvgIpc) is 3.34. The van der Waals surface area contributed by atoms with Crippen LogP contribution in [-0.2, 0) is 11.3 Å². The summed E-state index contributed by atoms with van der Waals surface area (Å²) in [5, 5.41) is 7.18. The minimum Gasteiger partial charge on any atom is -0.461 e. The van der Waals surface area contributed by atoms with E-state index < -0.39 is 5.56 Å². The summed E-state index contributed by atoms with van der Waals surface area (Å²) in [7, 11) is 0. The van der Waals surface area contributed by atoms with Gasteiger partial charge in [0.1, 0.15) is 29.4 Å². The highest BCUT2D eigenvalue weighted by atomic mass is 32.1. The van der Waals surface area contributed by atoms with Crippen LogP contribution in [0, 0.1) is 13.8 Å². The van der Waals surface area contributed by atoms with Gasteiger partial charge in [-0.2, -0.15) is 5.10 Å². The molecule has 0 bridgehead atoms. The fourth-order valence-corrected chi connectivity index (χ4v) is 3.90. The largest absolute Gasteiger partial charge is 0.461 e. The highest BCUT2D eigenvalue weighted by Gasteiger charge is 2.15. The van der Waals surface area contributed by atoms with Gasteiger partial charge in [-0.15, -0.1) is 11.3 Å². The van der Waals surface area contributed by atoms with Crippen LogP contribution in [0.5, 0.6) is 0 Å². The summed E-state index contributed by atoms with van der Waals surface area (Å²) in [5.41, 5.74) is 7.32. The van der Waals surface area contributed by atoms with E-state index in [-0.39, 0.29) is 18.1 Å². The number of rotatable bonds is 5. The summed E-state index contributed by atoms with van der Waals surface area (Å²) in [6.45, 7) is 3.58. The van der Waals surface area contributed by atoms with Crippen LogP contribution in [0.25, 0.3) is 21.9 Å². The zero-order valence-electron chi connectivity index (χ0n) is 16.5. The number of nitrogen functional groups attached to an aromatic ring is 1. The van der Waals surface area contributed by atoms with Gasteiger partial charge in [-0.1, -0.05) is 12.1 Å². The first kappa shape index (κ1) is 19.7. The second kappa shape index (κ2) is 8.00. The van der Waals surface area contributed by atoms with Crippen molar-refractivity contribution in [2.24, 2.45) is 0 Å². The molecule has 0 aliphatic carbocycles. The highest BCUT2D eigenvalue weighted by molar-refractivity contribution is 7.15. The van der Waals surface area contributed by atoms with Crippen LogP contribution in [0.4, 0.5) is 11.4 Å². The molecule has 0 fully saturated rings. The fraction of sp³-hybridized carbons (Fsp3) is 0.136. The molecule has 8 heteroatoms. The molecule has 152 valence electrons. The first-order valence-corrected chi connectivity index (χ1v) is 10.1. The first-order chi connectivity index (χ1) is 14.4. The van der Waals surface area contributed by atoms with Crippen molar-refractivity contribution in [2.75, 3.05) is 11.1 Å². The molecule has 0 saturated heterocycles. The number of anilines is 2. The van der Waals surface area contributed by atoms with Gasteiger partial charge in [0, 0.05) is 10.4 Å². The molecule has 3 aromatic heterocycles. The van der Waals surface area contributed by atoms with Crippen molar-refractivity contribution in [3.8, 4) is 21.9 Å². The minimum atomic E-state index is -0.503. The molecule has 0 unspecified atom stereocenters. The van der Waals surface area contributed by atoms with Gasteiger partial charge >= 0.3 is 0 Å². The maximum atomic E-state index is 12.7. The summed E-state index contributed by atoms with van der Waals surface area (Å²) in [4.78, 5) is 27.1. The Labute approximate surface area is 176 Å². The Hall–Kier alpha value is -3.65. The molecule has 7 nitrogen and oxygen atoms in total. The van der Waals surface area contributed by atoms with Crippen molar-refractivity contribution < 1.29 is 9.21 Å². The predicted octanol–water partition coefficient (Wildman–Crippen LogP) is 4.07. The zero-order valence-corrected chi connectivity index (χ0v) is 17.3. The van der Waals surface area contributed by atoms with Crippen molar-refractivity contribution >= 4 is 28.6 Å². The molecule has 1 aromatic carbocycles. The number of hydrogen-bond donors (Lipinski definition) is 2. The molecule has 1 amide bonds. The van der Waals surface area contributed by atoms with Crippen LogP contribution in [0.3, 0.4) is 0 Å². The number of nitrogens with one attached hydrogen (secondary N) is 1. The summed E-state index contributed by atoms with van der Waals surface area (Å²) in [6, 6.07) is 16.4. The molecule has 4 aromatic rings. The quantitative estimate of drug-likeness (QED) is 0.507. The average molecular weight is 420 g/mol. The van der Waals surface area contributed by atoms with E-state index in [0.29, 0.717) is 17.1 Å². The number of nitrogens with two attached hydrogens (primary N) is 1. The smallest absolute Gasteiger partial charge is 0.290 e. The number of amides is 1. The summed E-state index contributed by atoms with van der Waals surface area (Å²) in [6.07, 6.45) is 0. The van der Waals surface area contributed by atoms with Crippen molar-refractivity contribution in [3.05, 3.63) is 75.6 Å². The van der Waals surface area contributed by atoms with Crippen molar-refractivity contribution in [1.82, 2.24) is 9.78 Å². The maximum absolute atomic E-state index is 12.7. The monoisotopic (exact) mass is 420 g/mol. The minimum absolute atomic E-state index is 0.0466. The van der Waals surface area contributed by atoms with Crippen LogP contribution in [0.2, 0.25) is 0 Å². The molecule has 0 atom stereocenters. The third-order valence-electron chi connectivity index (χ3n) is 4.50. The van der Waals surface area contributed by atoms with Crippen molar-refractivity contribution in [1.29, 1.82) is 0 Å². The van der Waals surface area contributed by atoms with E-state index in [2.05, 4.69) is 10.4 Å². The number of aryl methyl sites for hydroxylation is 2. The highest BCUT2D eigenvalue weighted by Crippen LogP contribution is 2.29. The van der Waals surface area contributed by atoms with Crippen LogP contribution in [-0.4, -0.2) is 15.7 Å². The van der Waals surface area contributed by atoms with Crippen molar-refractivity contribution in [2.45, 2.75) is 20.4 Å². The van der Waals surface area contributed by atoms with E-state index in [1.165, 1.54) is 6.07 Å². The maximum Gasteiger partial charge on any atom is 0.290 e. The van der Waals surface area contributed by atoms with Gasteiger partial charge in [0.25, 0.3) is 5.56 Å². The van der Waals surface area contributed by atoms with E-state index in [0.717, 1.165) is 25.8 Å². The van der Waals surface area contributed by atoms with E-state index in [4.69, 9.17) is 10.2 Å². The molecular weight excluding hydrogens is 400 g/mol. The predicted molar refractivity (Wildman–Crippen MR) is 118 cm³/mol. The first-order valence-electron chi connectivity index (χ1n) is 9.31. The number of benzene rings is 1. The molecular formula is C22H20N4O3S. The number of carbonyl (C=O) groups excluding carboxylic acids is 1. The number of furan rings is 1. The summed E-state index contributed by atoms with van der Waals surface area (Å²) < 4.78 is 6.77. The molecule has 4 rings (SSSR count). The second-order valence-electron chi connectivity index (χ2n) is 6.86. The lowest BCUT2D eigenvalue weighted by molar-refractivity contribution is -0.117. The zero-order chi connectivity index (χ0) is 21.3. The van der Waals surface area contributed by atoms with Crippen molar-refractivity contribution in [3.63, 3.8) is 0 Å². The SMILES string of the molecule is Cc1ccc(-c2ccccc2NC(=O)Cn2nc(-c3ccc(C)s3)cc(N)c2=O)o1. The van der Waals surface area contributed by atoms with Gasteiger partial charge in [-0.25, -0.2) is 4.68 Å². The Morgan fingerprint density at radius 3 is 2.67 bits per heavy atom. The molecule has 3 N–H and O–H groups in total. The lowest BCUT2D eigenvalue weighted by Gasteiger charge is -2.11. The number of carbonyl (C=O) groups is 1. The Morgan fingerprint density at radius 2 is 1.97 bits per heavy atom. The van der Waals surface area contributed by atoms with E-state index in [1.807, 2.05) is 56.3 Å². The molecule has 0 spiro atoms. The molecule has 0 saturated carbocycles. The molecule has 0 aliphatic heterocycles. The molecule has 30 heavy (non-hydrogen) atoms. The number of thiophene rings is 1. The van der Waals surface area contributed by atoms with Gasteiger partial charge in [0.2, 0.25) is 5.91 Å². The Bertz CT molecular complexity index is 1290. The van der Waals surface area contributed by atoms with E-state index in [9.17, 15) is 9.59 Å². The van der Waals surface area contributed by atoms with E-state index in [1.54, 1.807) is 17.4 Å². The number of nitrogens with zero attached hydrogens (tertiary/aromatic N) is 2. The topological polar surface area (TPSA) is 103 Å². The van der Waals surface area contributed by atoms with Gasteiger partial charge in [0.05, 0.1) is 10.6 Å². The Morgan fingerprint density at radius 1 is 1.17 bits per heavy atom. The third-order valence-corrected chi connectivity index (χ3v) is 5.52. The molecule has 0 radical (unpaired) electrons. The van der Waals surface area contributed by atoms with E-state index >= 15 is 0 Å². The third kappa shape index (κ3) is 4.04. The number of para-hydroxylation sites is 1. The second-order valence-corrected chi connectivity index (χ2v) is 8.15. The van der Waals surface area contributed by atoms with Gasteiger partial charge in [-0.05, 0) is 56.3 Å². The van der Waals surface area contributed by atoms with Crippen LogP contribution < -0.4 is 16.6 Å². The molecule has 3 heterocycles. The lowest BCUT2D eigenvalue weighted by Crippen LogP contribution is -2.31. The number of hydrogen-bond acceptors (Lipinski definition) is 6. The van der Waals surface area contributed by atoms with Crippen LogP contribution in [0.15, 0.2) is 63.8 Å². The Kier molecular flexibility index (Phi) is 5.24. The van der Waals surface area contributed by atoms with Gasteiger partial charge in [-0.3, -0.25) is 9.59 Å². The lowest BCUT2D eigenvalue weighted by atomic mass is 10.1. The normalized spacial score (nSPS) is 10.9.